The molecule has 0 aliphatic rings. The van der Waals surface area contributed by atoms with Gasteiger partial charge in [-0.15, -0.1) is 0 Å². The van der Waals surface area contributed by atoms with E-state index in [0.717, 1.165) is 5.56 Å². The quantitative estimate of drug-likeness (QED) is 0.388. The summed E-state index contributed by atoms with van der Waals surface area (Å²) in [7, 11) is 0. The largest absolute Gasteiger partial charge is 0.282 e. The smallest absolute Gasteiger partial charge is 0.216 e. The van der Waals surface area contributed by atoms with E-state index in [-0.39, 0.29) is 5.84 Å². The molecular formula is C8H10N3S+. The van der Waals surface area contributed by atoms with Gasteiger partial charge in [-0.05, 0) is 12.1 Å². The van der Waals surface area contributed by atoms with Crippen LogP contribution in [0.4, 0.5) is 0 Å². The fourth-order valence-corrected chi connectivity index (χ4v) is 0.847. The molecule has 0 aliphatic heterocycles. The summed E-state index contributed by atoms with van der Waals surface area (Å²) in [6, 6.07) is 3.58. The predicted molar refractivity (Wildman–Crippen MR) is 54.3 cm³/mol. The Kier molecular flexibility index (Phi) is 2.99. The Bertz CT molecular complexity index is 301. The SMILES string of the molecule is CC([SH2+])=NC(=N)c1cccnc1. The fraction of sp³-hybridized carbons (Fsp3) is 0.125. The molecule has 3 nitrogen and oxygen atoms in total. The maximum absolute atomic E-state index is 7.50. The van der Waals surface area contributed by atoms with Crippen molar-refractivity contribution in [3.05, 3.63) is 30.1 Å². The molecule has 62 valence electrons. The van der Waals surface area contributed by atoms with Crippen molar-refractivity contribution in [2.75, 3.05) is 0 Å². The first kappa shape index (κ1) is 8.93. The number of nitrogens with zero attached hydrogens (tertiary/aromatic N) is 2. The van der Waals surface area contributed by atoms with Gasteiger partial charge in [-0.25, -0.2) is 0 Å². The molecule has 0 saturated carbocycles. The van der Waals surface area contributed by atoms with Gasteiger partial charge in [-0.3, -0.25) is 10.4 Å². The van der Waals surface area contributed by atoms with Crippen LogP contribution in [0.25, 0.3) is 0 Å². The lowest BCUT2D eigenvalue weighted by molar-refractivity contribution is 1.29. The fourth-order valence-electron chi connectivity index (χ4n) is 0.735. The molecular weight excluding hydrogens is 170 g/mol. The lowest BCUT2D eigenvalue weighted by Crippen LogP contribution is -1.98. The Balaban J connectivity index is 2.87. The molecule has 1 aromatic rings. The summed E-state index contributed by atoms with van der Waals surface area (Å²) in [4.78, 5) is 7.81. The molecule has 0 aromatic carbocycles. The van der Waals surface area contributed by atoms with E-state index in [4.69, 9.17) is 5.41 Å². The number of nitrogens with one attached hydrogen (secondary N) is 1. The van der Waals surface area contributed by atoms with E-state index < -0.39 is 0 Å². The number of aliphatic imine (C=N–C) groups is 1. The van der Waals surface area contributed by atoms with Gasteiger partial charge in [0.1, 0.15) is 0 Å². The van der Waals surface area contributed by atoms with Crippen molar-refractivity contribution < 1.29 is 0 Å². The second kappa shape index (κ2) is 4.01. The number of hydrogen-bond donors (Lipinski definition) is 1. The van der Waals surface area contributed by atoms with Gasteiger partial charge < -0.3 is 0 Å². The highest BCUT2D eigenvalue weighted by atomic mass is 32.1. The van der Waals surface area contributed by atoms with E-state index in [1.165, 1.54) is 0 Å². The molecule has 0 amide bonds. The number of amidine groups is 1. The molecule has 0 saturated heterocycles. The molecule has 0 radical (unpaired) electrons. The highest BCUT2D eigenvalue weighted by Crippen LogP contribution is 1.98. The summed E-state index contributed by atoms with van der Waals surface area (Å²) in [5.41, 5.74) is 0.718. The van der Waals surface area contributed by atoms with Gasteiger partial charge in [0.25, 0.3) is 0 Å². The van der Waals surface area contributed by atoms with E-state index in [1.807, 2.05) is 0 Å². The normalized spacial score (nSPS) is 11.3. The lowest BCUT2D eigenvalue weighted by Gasteiger charge is -1.94. The highest BCUT2D eigenvalue weighted by molar-refractivity contribution is 7.77. The summed E-state index contributed by atoms with van der Waals surface area (Å²) < 4.78 is 0. The first-order chi connectivity index (χ1) is 5.70. The van der Waals surface area contributed by atoms with Gasteiger partial charge in [0.05, 0.1) is 0 Å². The Morgan fingerprint density at radius 2 is 2.42 bits per heavy atom. The minimum absolute atomic E-state index is 0.218. The average molecular weight is 180 g/mol. The van der Waals surface area contributed by atoms with E-state index in [0.29, 0.717) is 5.04 Å². The van der Waals surface area contributed by atoms with Crippen LogP contribution in [0.15, 0.2) is 29.5 Å². The topological polar surface area (TPSA) is 49.1 Å². The van der Waals surface area contributed by atoms with Crippen molar-refractivity contribution in [2.45, 2.75) is 6.92 Å². The van der Waals surface area contributed by atoms with Crippen LogP contribution in [0.1, 0.15) is 12.5 Å². The molecule has 0 spiro atoms. The molecule has 0 unspecified atom stereocenters. The van der Waals surface area contributed by atoms with Crippen LogP contribution in [-0.2, 0) is 12.6 Å². The number of pyridine rings is 1. The van der Waals surface area contributed by atoms with Crippen LogP contribution in [0.2, 0.25) is 0 Å². The average Bonchev–Trinajstić information content (AvgIpc) is 2.05. The van der Waals surface area contributed by atoms with E-state index >= 15 is 0 Å². The van der Waals surface area contributed by atoms with Crippen LogP contribution in [0.3, 0.4) is 0 Å². The van der Waals surface area contributed by atoms with Crippen molar-refractivity contribution in [1.29, 1.82) is 5.41 Å². The monoisotopic (exact) mass is 180 g/mol. The molecule has 1 rings (SSSR count). The van der Waals surface area contributed by atoms with E-state index in [2.05, 4.69) is 22.6 Å². The molecule has 1 N–H and O–H groups in total. The van der Waals surface area contributed by atoms with E-state index in [1.54, 1.807) is 31.5 Å². The first-order valence-corrected chi connectivity index (χ1v) is 3.96. The summed E-state index contributed by atoms with van der Waals surface area (Å²) in [5.74, 6) is 0.218. The van der Waals surface area contributed by atoms with Crippen LogP contribution in [-0.4, -0.2) is 15.9 Å². The number of hydrogen-bond acceptors (Lipinski definition) is 2. The van der Waals surface area contributed by atoms with Crippen molar-refractivity contribution in [3.8, 4) is 0 Å². The molecule has 12 heavy (non-hydrogen) atoms. The predicted octanol–water partition coefficient (Wildman–Crippen LogP) is 0.837. The second-order valence-electron chi connectivity index (χ2n) is 2.29. The summed E-state index contributed by atoms with van der Waals surface area (Å²) in [6.45, 7) is 1.78. The zero-order chi connectivity index (χ0) is 8.97. The highest BCUT2D eigenvalue weighted by Gasteiger charge is 1.99. The second-order valence-corrected chi connectivity index (χ2v) is 3.01. The zero-order valence-electron chi connectivity index (χ0n) is 6.70. The van der Waals surface area contributed by atoms with Crippen LogP contribution >= 0.6 is 0 Å². The van der Waals surface area contributed by atoms with Gasteiger partial charge in [0.15, 0.2) is 5.84 Å². The van der Waals surface area contributed by atoms with E-state index in [9.17, 15) is 0 Å². The van der Waals surface area contributed by atoms with Crippen molar-refractivity contribution in [3.63, 3.8) is 0 Å². The van der Waals surface area contributed by atoms with Gasteiger partial charge in [0, 0.05) is 37.5 Å². The molecule has 0 bridgehead atoms. The van der Waals surface area contributed by atoms with Crippen LogP contribution in [0, 0.1) is 5.41 Å². The minimum Gasteiger partial charge on any atom is -0.282 e. The maximum Gasteiger partial charge on any atom is 0.216 e. The van der Waals surface area contributed by atoms with Crippen molar-refractivity contribution >= 4 is 23.5 Å². The third-order valence-corrected chi connectivity index (χ3v) is 1.33. The minimum atomic E-state index is 0.218. The van der Waals surface area contributed by atoms with Crippen LogP contribution < -0.4 is 0 Å². The Labute approximate surface area is 76.5 Å². The first-order valence-electron chi connectivity index (χ1n) is 3.46. The lowest BCUT2D eigenvalue weighted by atomic mass is 10.3. The Hall–Kier alpha value is -1.16. The zero-order valence-corrected chi connectivity index (χ0v) is 7.70. The molecule has 4 heteroatoms. The number of rotatable bonds is 1. The van der Waals surface area contributed by atoms with Gasteiger partial charge in [-0.2, -0.15) is 4.99 Å². The molecule has 1 aromatic heterocycles. The van der Waals surface area contributed by atoms with Crippen molar-refractivity contribution in [1.82, 2.24) is 4.98 Å². The standard InChI is InChI=1S/C8H9N3S/c1-6(12)11-8(9)7-3-2-4-10-5-7/h2-5H,1H3,(H2,9,11,12)/p+1. The molecule has 1 heterocycles. The number of aromatic nitrogens is 1. The summed E-state index contributed by atoms with van der Waals surface area (Å²) >= 11 is 3.21. The van der Waals surface area contributed by atoms with Gasteiger partial charge in [0.2, 0.25) is 5.04 Å². The maximum atomic E-state index is 7.50. The third-order valence-electron chi connectivity index (χ3n) is 1.21. The molecule has 0 atom stereocenters. The molecule has 0 fully saturated rings. The Morgan fingerprint density at radius 3 is 2.92 bits per heavy atom. The van der Waals surface area contributed by atoms with Gasteiger partial charge >= 0.3 is 0 Å². The van der Waals surface area contributed by atoms with Crippen molar-refractivity contribution in [2.24, 2.45) is 4.99 Å². The van der Waals surface area contributed by atoms with Gasteiger partial charge in [-0.1, -0.05) is 0 Å². The molecule has 0 aliphatic carbocycles. The Morgan fingerprint density at radius 1 is 1.67 bits per heavy atom. The summed E-state index contributed by atoms with van der Waals surface area (Å²) in [5, 5.41) is 8.19. The van der Waals surface area contributed by atoms with Crippen LogP contribution in [0.5, 0.6) is 0 Å². The third kappa shape index (κ3) is 2.47. The summed E-state index contributed by atoms with van der Waals surface area (Å²) in [6.07, 6.45) is 3.28.